The molecule has 0 bridgehead atoms. The van der Waals surface area contributed by atoms with Crippen LogP contribution < -0.4 is 24.3 Å². The number of ether oxygens (including phenoxy) is 4. The van der Waals surface area contributed by atoms with Crippen molar-refractivity contribution < 1.29 is 23.7 Å². The molecule has 0 radical (unpaired) electrons. The molecule has 1 amide bonds. The molecule has 0 saturated heterocycles. The van der Waals surface area contributed by atoms with Gasteiger partial charge in [0.25, 0.3) is 5.91 Å². The van der Waals surface area contributed by atoms with Crippen molar-refractivity contribution in [3.05, 3.63) is 41.5 Å². The molecule has 0 saturated carbocycles. The summed E-state index contributed by atoms with van der Waals surface area (Å²) < 4.78 is 22.6. The third kappa shape index (κ3) is 3.14. The lowest BCUT2D eigenvalue weighted by Gasteiger charge is -2.19. The number of benzene rings is 2. The summed E-state index contributed by atoms with van der Waals surface area (Å²) in [5.41, 5.74) is 2.18. The summed E-state index contributed by atoms with van der Waals surface area (Å²) in [5.74, 6) is 2.44. The van der Waals surface area contributed by atoms with Crippen molar-refractivity contribution in [2.75, 3.05) is 25.1 Å². The lowest BCUT2D eigenvalue weighted by Crippen LogP contribution is -2.17. The summed E-state index contributed by atoms with van der Waals surface area (Å²) in [6, 6.07) is 8.94. The number of fused-ring (bicyclic) bond motifs is 2. The molecule has 1 atom stereocenters. The van der Waals surface area contributed by atoms with Gasteiger partial charge in [0, 0.05) is 23.6 Å². The van der Waals surface area contributed by atoms with Gasteiger partial charge in [0.15, 0.2) is 11.5 Å². The highest BCUT2D eigenvalue weighted by Crippen LogP contribution is 2.38. The van der Waals surface area contributed by atoms with Crippen molar-refractivity contribution in [3.8, 4) is 23.0 Å². The molecule has 0 spiro atoms. The van der Waals surface area contributed by atoms with E-state index in [0.29, 0.717) is 48.3 Å². The maximum atomic E-state index is 12.7. The van der Waals surface area contributed by atoms with E-state index in [1.54, 1.807) is 18.2 Å². The van der Waals surface area contributed by atoms with Gasteiger partial charge in [-0.2, -0.15) is 0 Å². The van der Waals surface area contributed by atoms with E-state index >= 15 is 0 Å². The Bertz CT molecular complexity index is 848. The number of carbonyl (C=O) groups is 1. The van der Waals surface area contributed by atoms with E-state index in [-0.39, 0.29) is 12.0 Å². The lowest BCUT2D eigenvalue weighted by atomic mass is 10.1. The number of hydrogen-bond acceptors (Lipinski definition) is 5. The molecule has 0 unspecified atom stereocenters. The molecule has 0 aromatic heterocycles. The van der Waals surface area contributed by atoms with Gasteiger partial charge < -0.3 is 24.3 Å². The summed E-state index contributed by atoms with van der Waals surface area (Å²) in [6.45, 7) is 5.45. The Morgan fingerprint density at radius 2 is 1.96 bits per heavy atom. The molecule has 0 aliphatic carbocycles. The average Bonchev–Trinajstić information content (AvgIpc) is 3.00. The highest BCUT2D eigenvalue weighted by molar-refractivity contribution is 6.05. The number of rotatable bonds is 4. The minimum Gasteiger partial charge on any atom is -0.492 e. The van der Waals surface area contributed by atoms with Crippen molar-refractivity contribution in [1.82, 2.24) is 0 Å². The van der Waals surface area contributed by atoms with Gasteiger partial charge >= 0.3 is 0 Å². The molecule has 1 N–H and O–H groups in total. The number of amides is 1. The molecular weight excluding hydrogens is 334 g/mol. The highest BCUT2D eigenvalue weighted by Gasteiger charge is 2.23. The fraction of sp³-hybridized carbons (Fsp3) is 0.350. The number of hydrogen-bond donors (Lipinski definition) is 1. The molecule has 6 nitrogen and oxygen atoms in total. The molecule has 2 heterocycles. The van der Waals surface area contributed by atoms with Gasteiger partial charge in [0.1, 0.15) is 30.8 Å². The first-order valence-electron chi connectivity index (χ1n) is 8.81. The van der Waals surface area contributed by atoms with E-state index in [0.717, 1.165) is 17.7 Å². The second-order valence-corrected chi connectivity index (χ2v) is 6.33. The second-order valence-electron chi connectivity index (χ2n) is 6.33. The minimum absolute atomic E-state index is 0.128. The van der Waals surface area contributed by atoms with E-state index < -0.39 is 0 Å². The first kappa shape index (κ1) is 16.6. The third-order valence-corrected chi connectivity index (χ3v) is 4.35. The van der Waals surface area contributed by atoms with Gasteiger partial charge in [-0.3, -0.25) is 4.79 Å². The Labute approximate surface area is 152 Å². The van der Waals surface area contributed by atoms with Gasteiger partial charge in [-0.1, -0.05) is 0 Å². The molecule has 2 aromatic rings. The maximum absolute atomic E-state index is 12.7. The molecule has 4 rings (SSSR count). The number of anilines is 1. The minimum atomic E-state index is -0.242. The van der Waals surface area contributed by atoms with E-state index in [1.807, 2.05) is 26.0 Å². The van der Waals surface area contributed by atoms with E-state index in [2.05, 4.69) is 5.32 Å². The Morgan fingerprint density at radius 3 is 2.77 bits per heavy atom. The number of carbonyl (C=O) groups excluding carboxylic acids is 1. The normalized spacial score (nSPS) is 17.2. The molecular formula is C20H21NO5. The molecule has 2 aromatic carbocycles. The predicted molar refractivity (Wildman–Crippen MR) is 96.8 cm³/mol. The topological polar surface area (TPSA) is 66.0 Å². The molecule has 26 heavy (non-hydrogen) atoms. The van der Waals surface area contributed by atoms with Gasteiger partial charge in [-0.15, -0.1) is 0 Å². The van der Waals surface area contributed by atoms with E-state index in [4.69, 9.17) is 18.9 Å². The van der Waals surface area contributed by atoms with Crippen LogP contribution in [0.15, 0.2) is 30.3 Å². The van der Waals surface area contributed by atoms with Crippen LogP contribution in [0.1, 0.15) is 29.8 Å². The zero-order valence-electron chi connectivity index (χ0n) is 14.8. The Hall–Kier alpha value is -2.89. The summed E-state index contributed by atoms with van der Waals surface area (Å²) in [7, 11) is 0. The molecule has 2 aliphatic rings. The van der Waals surface area contributed by atoms with Crippen molar-refractivity contribution in [2.24, 2.45) is 0 Å². The van der Waals surface area contributed by atoms with Crippen LogP contribution in [-0.2, 0) is 6.42 Å². The fourth-order valence-electron chi connectivity index (χ4n) is 3.19. The molecule has 6 heteroatoms. The SMILES string of the molecule is CCOc1cc2c(cc1NC(=O)c1ccc3c(c1)OCCO3)O[C@H](C)C2. The Morgan fingerprint density at radius 1 is 1.15 bits per heavy atom. The molecule has 0 fully saturated rings. The van der Waals surface area contributed by atoms with Crippen LogP contribution in [-0.4, -0.2) is 31.8 Å². The Balaban J connectivity index is 1.60. The van der Waals surface area contributed by atoms with Crippen LogP contribution in [0.5, 0.6) is 23.0 Å². The van der Waals surface area contributed by atoms with Crippen molar-refractivity contribution in [1.29, 1.82) is 0 Å². The zero-order chi connectivity index (χ0) is 18.1. The fourth-order valence-corrected chi connectivity index (χ4v) is 3.19. The van der Waals surface area contributed by atoms with Crippen molar-refractivity contribution >= 4 is 11.6 Å². The maximum Gasteiger partial charge on any atom is 0.255 e. The smallest absolute Gasteiger partial charge is 0.255 e. The largest absolute Gasteiger partial charge is 0.492 e. The summed E-state index contributed by atoms with van der Waals surface area (Å²) >= 11 is 0. The van der Waals surface area contributed by atoms with Crippen LogP contribution >= 0.6 is 0 Å². The highest BCUT2D eigenvalue weighted by atomic mass is 16.6. The zero-order valence-corrected chi connectivity index (χ0v) is 14.8. The number of nitrogens with one attached hydrogen (secondary N) is 1. The summed E-state index contributed by atoms with van der Waals surface area (Å²) in [5, 5.41) is 2.92. The van der Waals surface area contributed by atoms with Gasteiger partial charge in [0.05, 0.1) is 12.3 Å². The van der Waals surface area contributed by atoms with Crippen molar-refractivity contribution in [3.63, 3.8) is 0 Å². The third-order valence-electron chi connectivity index (χ3n) is 4.35. The van der Waals surface area contributed by atoms with Gasteiger partial charge in [0.2, 0.25) is 0 Å². The second kappa shape index (κ2) is 6.78. The predicted octanol–water partition coefficient (Wildman–Crippen LogP) is 3.43. The first-order valence-corrected chi connectivity index (χ1v) is 8.81. The van der Waals surface area contributed by atoms with Crippen LogP contribution in [0, 0.1) is 0 Å². The van der Waals surface area contributed by atoms with Crippen LogP contribution in [0.25, 0.3) is 0 Å². The molecule has 136 valence electrons. The van der Waals surface area contributed by atoms with Crippen LogP contribution in [0.4, 0.5) is 5.69 Å². The standard InChI is InChI=1S/C20H21NO5/c1-3-23-18-10-14-8-12(2)26-17(14)11-15(18)21-20(22)13-4-5-16-19(9-13)25-7-6-24-16/h4-5,9-12H,3,6-8H2,1-2H3,(H,21,22)/t12-/m1/s1. The quantitative estimate of drug-likeness (QED) is 0.910. The van der Waals surface area contributed by atoms with Crippen LogP contribution in [0.3, 0.4) is 0 Å². The lowest BCUT2D eigenvalue weighted by molar-refractivity contribution is 0.102. The Kier molecular flexibility index (Phi) is 4.32. The molecule has 2 aliphatic heterocycles. The van der Waals surface area contributed by atoms with Crippen molar-refractivity contribution in [2.45, 2.75) is 26.4 Å². The monoisotopic (exact) mass is 355 g/mol. The van der Waals surface area contributed by atoms with Gasteiger partial charge in [-0.05, 0) is 38.1 Å². The van der Waals surface area contributed by atoms with E-state index in [1.165, 1.54) is 0 Å². The van der Waals surface area contributed by atoms with Crippen LogP contribution in [0.2, 0.25) is 0 Å². The van der Waals surface area contributed by atoms with Gasteiger partial charge in [-0.25, -0.2) is 0 Å². The van der Waals surface area contributed by atoms with E-state index in [9.17, 15) is 4.79 Å². The average molecular weight is 355 g/mol. The first-order chi connectivity index (χ1) is 12.6. The summed E-state index contributed by atoms with van der Waals surface area (Å²) in [6.07, 6.45) is 0.967. The summed E-state index contributed by atoms with van der Waals surface area (Å²) in [4.78, 5) is 12.7.